The highest BCUT2D eigenvalue weighted by Crippen LogP contribution is 2.32. The third-order valence-electron chi connectivity index (χ3n) is 2.53. The SMILES string of the molecule is CCOc1cc(N/C=C\C#N)c(C(=O)OC)cc1NC(C)=O. The first-order valence-electron chi connectivity index (χ1n) is 6.51. The Balaban J connectivity index is 3.36. The normalized spacial score (nSPS) is 9.91. The van der Waals surface area contributed by atoms with Crippen LogP contribution in [-0.4, -0.2) is 25.6 Å². The van der Waals surface area contributed by atoms with Gasteiger partial charge in [-0.15, -0.1) is 0 Å². The van der Waals surface area contributed by atoms with Crippen LogP contribution in [0.1, 0.15) is 24.2 Å². The Morgan fingerprint density at radius 2 is 2.09 bits per heavy atom. The standard InChI is InChI=1S/C15H17N3O4/c1-4-22-14-9-12(17-7-5-6-16)11(15(20)21-3)8-13(14)18-10(2)19/h5,7-9,17H,4H2,1-3H3,(H,18,19)/b7-5-. The van der Waals surface area contributed by atoms with E-state index in [1.165, 1.54) is 32.4 Å². The van der Waals surface area contributed by atoms with Gasteiger partial charge in [-0.05, 0) is 13.0 Å². The highest BCUT2D eigenvalue weighted by Gasteiger charge is 2.17. The molecular weight excluding hydrogens is 286 g/mol. The number of nitrogens with zero attached hydrogens (tertiary/aromatic N) is 1. The number of hydrogen-bond donors (Lipinski definition) is 2. The zero-order chi connectivity index (χ0) is 16.5. The Hall–Kier alpha value is -3.01. The second-order valence-electron chi connectivity index (χ2n) is 4.11. The molecule has 0 radical (unpaired) electrons. The molecule has 0 aliphatic heterocycles. The van der Waals surface area contributed by atoms with E-state index in [0.29, 0.717) is 23.7 Å². The summed E-state index contributed by atoms with van der Waals surface area (Å²) >= 11 is 0. The highest BCUT2D eigenvalue weighted by atomic mass is 16.5. The predicted octanol–water partition coefficient (Wildman–Crippen LogP) is 2.28. The number of methoxy groups -OCH3 is 1. The third kappa shape index (κ3) is 4.52. The molecule has 22 heavy (non-hydrogen) atoms. The first-order valence-corrected chi connectivity index (χ1v) is 6.51. The van der Waals surface area contributed by atoms with Crippen molar-refractivity contribution in [2.45, 2.75) is 13.8 Å². The van der Waals surface area contributed by atoms with Crippen molar-refractivity contribution >= 4 is 23.3 Å². The average Bonchev–Trinajstić information content (AvgIpc) is 2.48. The summed E-state index contributed by atoms with van der Waals surface area (Å²) in [5.41, 5.74) is 0.970. The van der Waals surface area contributed by atoms with E-state index in [0.717, 1.165) is 0 Å². The van der Waals surface area contributed by atoms with Gasteiger partial charge in [0.1, 0.15) is 5.75 Å². The Bertz CT molecular complexity index is 632. The van der Waals surface area contributed by atoms with Gasteiger partial charge in [0.2, 0.25) is 5.91 Å². The zero-order valence-electron chi connectivity index (χ0n) is 12.6. The maximum absolute atomic E-state index is 11.9. The van der Waals surface area contributed by atoms with Crippen LogP contribution in [0, 0.1) is 11.3 Å². The summed E-state index contributed by atoms with van der Waals surface area (Å²) in [5.74, 6) is -0.470. The number of allylic oxidation sites excluding steroid dienone is 1. The number of nitriles is 1. The predicted molar refractivity (Wildman–Crippen MR) is 81.6 cm³/mol. The molecule has 0 saturated carbocycles. The summed E-state index contributed by atoms with van der Waals surface area (Å²) in [6.07, 6.45) is 2.61. The first kappa shape index (κ1) is 17.0. The fraction of sp³-hybridized carbons (Fsp3) is 0.267. The van der Waals surface area contributed by atoms with Crippen molar-refractivity contribution < 1.29 is 19.1 Å². The largest absolute Gasteiger partial charge is 0.492 e. The molecule has 0 fully saturated rings. The van der Waals surface area contributed by atoms with E-state index in [2.05, 4.69) is 10.6 Å². The molecule has 0 bridgehead atoms. The lowest BCUT2D eigenvalue weighted by molar-refractivity contribution is -0.114. The Kier molecular flexibility index (Phi) is 6.44. The van der Waals surface area contributed by atoms with Gasteiger partial charge in [0.25, 0.3) is 0 Å². The van der Waals surface area contributed by atoms with Crippen molar-refractivity contribution in [2.24, 2.45) is 0 Å². The summed E-state index contributed by atoms with van der Waals surface area (Å²) < 4.78 is 10.2. The van der Waals surface area contributed by atoms with Crippen LogP contribution in [0.2, 0.25) is 0 Å². The van der Waals surface area contributed by atoms with E-state index in [-0.39, 0.29) is 11.5 Å². The van der Waals surface area contributed by atoms with Gasteiger partial charge in [0.05, 0.1) is 36.7 Å². The van der Waals surface area contributed by atoms with Crippen LogP contribution in [0.4, 0.5) is 11.4 Å². The topological polar surface area (TPSA) is 100 Å². The molecule has 0 aliphatic rings. The molecule has 0 spiro atoms. The number of benzene rings is 1. The first-order chi connectivity index (χ1) is 10.5. The maximum Gasteiger partial charge on any atom is 0.340 e. The molecule has 1 amide bonds. The van der Waals surface area contributed by atoms with E-state index in [1.807, 2.05) is 6.07 Å². The highest BCUT2D eigenvalue weighted by molar-refractivity contribution is 6.00. The van der Waals surface area contributed by atoms with E-state index in [9.17, 15) is 9.59 Å². The van der Waals surface area contributed by atoms with Crippen LogP contribution in [0.3, 0.4) is 0 Å². The number of amides is 1. The lowest BCUT2D eigenvalue weighted by atomic mass is 10.1. The fourth-order valence-corrected chi connectivity index (χ4v) is 1.71. The number of anilines is 2. The lowest BCUT2D eigenvalue weighted by Crippen LogP contribution is -2.12. The van der Waals surface area contributed by atoms with Gasteiger partial charge in [0.15, 0.2) is 0 Å². The maximum atomic E-state index is 11.9. The van der Waals surface area contributed by atoms with Crippen molar-refractivity contribution in [3.63, 3.8) is 0 Å². The Labute approximate surface area is 128 Å². The monoisotopic (exact) mass is 303 g/mol. The number of hydrogen-bond acceptors (Lipinski definition) is 6. The van der Waals surface area contributed by atoms with Gasteiger partial charge in [0, 0.05) is 25.3 Å². The van der Waals surface area contributed by atoms with Gasteiger partial charge in [-0.1, -0.05) is 0 Å². The Morgan fingerprint density at radius 3 is 2.64 bits per heavy atom. The molecule has 0 atom stereocenters. The van der Waals surface area contributed by atoms with Crippen LogP contribution in [-0.2, 0) is 9.53 Å². The van der Waals surface area contributed by atoms with E-state index >= 15 is 0 Å². The van der Waals surface area contributed by atoms with Crippen LogP contribution in [0.15, 0.2) is 24.4 Å². The molecule has 0 aromatic heterocycles. The van der Waals surface area contributed by atoms with Crippen molar-refractivity contribution in [1.29, 1.82) is 5.26 Å². The molecule has 7 nitrogen and oxygen atoms in total. The number of rotatable bonds is 6. The van der Waals surface area contributed by atoms with Gasteiger partial charge >= 0.3 is 5.97 Å². The molecule has 1 rings (SSSR count). The number of ether oxygens (including phenoxy) is 2. The van der Waals surface area contributed by atoms with Crippen LogP contribution in [0.5, 0.6) is 5.75 Å². The molecule has 116 valence electrons. The molecule has 2 N–H and O–H groups in total. The van der Waals surface area contributed by atoms with Gasteiger partial charge < -0.3 is 20.1 Å². The smallest absolute Gasteiger partial charge is 0.340 e. The molecule has 1 aromatic rings. The van der Waals surface area contributed by atoms with Crippen molar-refractivity contribution in [1.82, 2.24) is 0 Å². The minimum Gasteiger partial charge on any atom is -0.492 e. The fourth-order valence-electron chi connectivity index (χ4n) is 1.71. The molecular formula is C15H17N3O4. The van der Waals surface area contributed by atoms with Crippen molar-refractivity contribution in [3.8, 4) is 11.8 Å². The molecule has 0 unspecified atom stereocenters. The minimum atomic E-state index is -0.581. The minimum absolute atomic E-state index is 0.206. The van der Waals surface area contributed by atoms with Gasteiger partial charge in [-0.3, -0.25) is 4.79 Å². The lowest BCUT2D eigenvalue weighted by Gasteiger charge is -2.15. The number of carbonyl (C=O) groups is 2. The van der Waals surface area contributed by atoms with E-state index in [4.69, 9.17) is 14.7 Å². The van der Waals surface area contributed by atoms with Crippen molar-refractivity contribution in [2.75, 3.05) is 24.4 Å². The summed E-state index contributed by atoms with van der Waals surface area (Å²) in [6.45, 7) is 3.54. The van der Waals surface area contributed by atoms with E-state index < -0.39 is 5.97 Å². The summed E-state index contributed by atoms with van der Waals surface area (Å²) in [7, 11) is 1.26. The van der Waals surface area contributed by atoms with E-state index in [1.54, 1.807) is 13.0 Å². The molecule has 0 saturated heterocycles. The van der Waals surface area contributed by atoms with Crippen LogP contribution < -0.4 is 15.4 Å². The number of nitrogens with one attached hydrogen (secondary N) is 2. The molecule has 0 heterocycles. The van der Waals surface area contributed by atoms with Gasteiger partial charge in [-0.25, -0.2) is 4.79 Å². The van der Waals surface area contributed by atoms with Gasteiger partial charge in [-0.2, -0.15) is 5.26 Å². The molecule has 7 heteroatoms. The molecule has 1 aromatic carbocycles. The summed E-state index contributed by atoms with van der Waals surface area (Å²) in [4.78, 5) is 23.1. The summed E-state index contributed by atoms with van der Waals surface area (Å²) in [6, 6.07) is 4.85. The zero-order valence-corrected chi connectivity index (χ0v) is 12.6. The molecule has 0 aliphatic carbocycles. The number of esters is 1. The Morgan fingerprint density at radius 1 is 1.36 bits per heavy atom. The number of carbonyl (C=O) groups excluding carboxylic acids is 2. The summed E-state index contributed by atoms with van der Waals surface area (Å²) in [5, 5.41) is 13.9. The second kappa shape index (κ2) is 8.32. The van der Waals surface area contributed by atoms with Crippen molar-refractivity contribution in [3.05, 3.63) is 30.0 Å². The van der Waals surface area contributed by atoms with Crippen LogP contribution >= 0.6 is 0 Å². The van der Waals surface area contributed by atoms with Crippen LogP contribution in [0.25, 0.3) is 0 Å². The third-order valence-corrected chi connectivity index (χ3v) is 2.53. The average molecular weight is 303 g/mol. The quantitative estimate of drug-likeness (QED) is 0.617. The second-order valence-corrected chi connectivity index (χ2v) is 4.11.